The van der Waals surface area contributed by atoms with E-state index in [-0.39, 0.29) is 6.04 Å². The van der Waals surface area contributed by atoms with Crippen molar-refractivity contribution in [2.24, 2.45) is 5.73 Å². The molecule has 0 radical (unpaired) electrons. The summed E-state index contributed by atoms with van der Waals surface area (Å²) in [7, 11) is 0. The quantitative estimate of drug-likeness (QED) is 0.720. The molecule has 0 saturated carbocycles. The maximum absolute atomic E-state index is 5.78. The zero-order valence-corrected chi connectivity index (χ0v) is 8.75. The van der Waals surface area contributed by atoms with Crippen LogP contribution in [-0.2, 0) is 0 Å². The molecule has 74 valence electrons. The molecule has 0 aliphatic rings. The van der Waals surface area contributed by atoms with E-state index in [4.69, 9.17) is 5.73 Å². The van der Waals surface area contributed by atoms with E-state index in [1.54, 1.807) is 6.20 Å². The topological polar surface area (TPSA) is 38.9 Å². The van der Waals surface area contributed by atoms with E-state index >= 15 is 0 Å². The predicted octanol–water partition coefficient (Wildman–Crippen LogP) is 1.87. The third-order valence-corrected chi connectivity index (χ3v) is 1.90. The van der Waals surface area contributed by atoms with Crippen molar-refractivity contribution >= 4 is 0 Å². The minimum atomic E-state index is -0.00604. The van der Waals surface area contributed by atoms with Crippen molar-refractivity contribution < 1.29 is 0 Å². The van der Waals surface area contributed by atoms with Crippen molar-refractivity contribution in [1.82, 2.24) is 4.98 Å². The first-order valence-electron chi connectivity index (χ1n) is 4.92. The number of nitrogens with two attached hydrogens (primary N) is 1. The molecule has 0 saturated heterocycles. The largest absolute Gasteiger partial charge is 0.318 e. The first-order chi connectivity index (χ1) is 6.72. The summed E-state index contributed by atoms with van der Waals surface area (Å²) in [6.07, 6.45) is 3.80. The molecule has 0 spiro atoms. The molecule has 0 aliphatic heterocycles. The summed E-state index contributed by atoms with van der Waals surface area (Å²) in [6, 6.07) is 3.86. The molecular weight excluding hydrogens is 172 g/mol. The molecule has 2 nitrogen and oxygen atoms in total. The van der Waals surface area contributed by atoms with Crippen LogP contribution < -0.4 is 5.73 Å². The summed E-state index contributed by atoms with van der Waals surface area (Å²) in [5.41, 5.74) is 7.76. The number of pyridine rings is 1. The number of hydrogen-bond donors (Lipinski definition) is 1. The van der Waals surface area contributed by atoms with Crippen molar-refractivity contribution in [1.29, 1.82) is 0 Å². The molecule has 0 bridgehead atoms. The Kier molecular flexibility index (Phi) is 4.15. The van der Waals surface area contributed by atoms with Crippen LogP contribution in [0.25, 0.3) is 0 Å². The van der Waals surface area contributed by atoms with Gasteiger partial charge in [-0.1, -0.05) is 25.2 Å². The maximum atomic E-state index is 5.78. The van der Waals surface area contributed by atoms with Gasteiger partial charge in [0.2, 0.25) is 0 Å². The fourth-order valence-electron chi connectivity index (χ4n) is 1.18. The van der Waals surface area contributed by atoms with Gasteiger partial charge in [0.15, 0.2) is 0 Å². The van der Waals surface area contributed by atoms with Crippen LogP contribution in [0.15, 0.2) is 18.3 Å². The number of aryl methyl sites for hydroxylation is 1. The second-order valence-electron chi connectivity index (χ2n) is 3.35. The van der Waals surface area contributed by atoms with Gasteiger partial charge in [-0.25, -0.2) is 0 Å². The van der Waals surface area contributed by atoms with E-state index < -0.39 is 0 Å². The van der Waals surface area contributed by atoms with Crippen molar-refractivity contribution in [3.8, 4) is 11.8 Å². The Morgan fingerprint density at radius 3 is 3.00 bits per heavy atom. The minimum Gasteiger partial charge on any atom is -0.318 e. The van der Waals surface area contributed by atoms with Gasteiger partial charge in [-0.2, -0.15) is 0 Å². The van der Waals surface area contributed by atoms with E-state index in [0.29, 0.717) is 0 Å². The average molecular weight is 188 g/mol. The monoisotopic (exact) mass is 188 g/mol. The van der Waals surface area contributed by atoms with Crippen LogP contribution in [0.2, 0.25) is 0 Å². The highest BCUT2D eigenvalue weighted by Crippen LogP contribution is 1.98. The van der Waals surface area contributed by atoms with Crippen molar-refractivity contribution in [2.75, 3.05) is 0 Å². The Balaban J connectivity index is 2.67. The summed E-state index contributed by atoms with van der Waals surface area (Å²) in [6.45, 7) is 4.06. The van der Waals surface area contributed by atoms with Crippen molar-refractivity contribution in [2.45, 2.75) is 32.7 Å². The average Bonchev–Trinajstić information content (AvgIpc) is 2.15. The normalized spacial score (nSPS) is 11.6. The van der Waals surface area contributed by atoms with Crippen LogP contribution in [0.3, 0.4) is 0 Å². The van der Waals surface area contributed by atoms with Crippen LogP contribution in [0, 0.1) is 18.8 Å². The molecule has 1 unspecified atom stereocenters. The Morgan fingerprint density at radius 1 is 1.57 bits per heavy atom. The van der Waals surface area contributed by atoms with E-state index in [1.165, 1.54) is 0 Å². The molecule has 0 amide bonds. The summed E-state index contributed by atoms with van der Waals surface area (Å²) >= 11 is 0. The number of rotatable bonds is 2. The molecule has 1 aromatic rings. The highest BCUT2D eigenvalue weighted by atomic mass is 14.6. The molecule has 1 heterocycles. The molecule has 0 aromatic carbocycles. The van der Waals surface area contributed by atoms with Crippen LogP contribution >= 0.6 is 0 Å². The van der Waals surface area contributed by atoms with Crippen LogP contribution in [0.5, 0.6) is 0 Å². The Hall–Kier alpha value is -1.33. The number of aromatic nitrogens is 1. The van der Waals surface area contributed by atoms with Gasteiger partial charge in [0.1, 0.15) is 0 Å². The zero-order valence-electron chi connectivity index (χ0n) is 8.75. The van der Waals surface area contributed by atoms with Crippen molar-refractivity contribution in [3.05, 3.63) is 29.6 Å². The second-order valence-corrected chi connectivity index (χ2v) is 3.35. The first-order valence-corrected chi connectivity index (χ1v) is 4.92. The molecule has 0 aliphatic carbocycles. The molecular formula is C12H16N2. The lowest BCUT2D eigenvalue weighted by Crippen LogP contribution is -2.16. The smallest absolute Gasteiger partial charge is 0.0668 e. The molecule has 14 heavy (non-hydrogen) atoms. The van der Waals surface area contributed by atoms with E-state index in [0.717, 1.165) is 24.1 Å². The van der Waals surface area contributed by atoms with Gasteiger partial charge in [0.05, 0.1) is 6.04 Å². The van der Waals surface area contributed by atoms with E-state index in [2.05, 4.69) is 23.7 Å². The lowest BCUT2D eigenvalue weighted by molar-refractivity contribution is 0.720. The molecule has 1 aromatic heterocycles. The Labute approximate surface area is 85.5 Å². The highest BCUT2D eigenvalue weighted by molar-refractivity contribution is 5.35. The standard InChI is InChI=1S/C12H16N2/c1-3-4-12(13)6-5-11-7-8-14-10(2)9-11/h7-9,12H,3-4,13H2,1-2H3. The second kappa shape index (κ2) is 5.41. The number of nitrogens with zero attached hydrogens (tertiary/aromatic N) is 1. The lowest BCUT2D eigenvalue weighted by Gasteiger charge is -1.99. The predicted molar refractivity (Wildman–Crippen MR) is 58.7 cm³/mol. The van der Waals surface area contributed by atoms with E-state index in [1.807, 2.05) is 19.1 Å². The highest BCUT2D eigenvalue weighted by Gasteiger charge is 1.93. The molecule has 1 atom stereocenters. The van der Waals surface area contributed by atoms with E-state index in [9.17, 15) is 0 Å². The van der Waals surface area contributed by atoms with Crippen LogP contribution in [0.4, 0.5) is 0 Å². The first kappa shape index (κ1) is 10.7. The maximum Gasteiger partial charge on any atom is 0.0668 e. The lowest BCUT2D eigenvalue weighted by atomic mass is 10.1. The Morgan fingerprint density at radius 2 is 2.36 bits per heavy atom. The molecule has 0 fully saturated rings. The van der Waals surface area contributed by atoms with Gasteiger partial charge in [0, 0.05) is 17.5 Å². The summed E-state index contributed by atoms with van der Waals surface area (Å²) < 4.78 is 0. The van der Waals surface area contributed by atoms with Gasteiger partial charge < -0.3 is 5.73 Å². The third-order valence-electron chi connectivity index (χ3n) is 1.90. The number of hydrogen-bond acceptors (Lipinski definition) is 2. The molecule has 2 N–H and O–H groups in total. The van der Waals surface area contributed by atoms with Crippen LogP contribution in [0.1, 0.15) is 31.0 Å². The van der Waals surface area contributed by atoms with Crippen LogP contribution in [-0.4, -0.2) is 11.0 Å². The molecule has 2 heteroatoms. The summed E-state index contributed by atoms with van der Waals surface area (Å²) in [4.78, 5) is 4.10. The summed E-state index contributed by atoms with van der Waals surface area (Å²) in [5, 5.41) is 0. The third kappa shape index (κ3) is 3.59. The van der Waals surface area contributed by atoms with Gasteiger partial charge in [-0.3, -0.25) is 4.98 Å². The molecule has 1 rings (SSSR count). The van der Waals surface area contributed by atoms with Gasteiger partial charge in [-0.05, 0) is 25.5 Å². The fourth-order valence-corrected chi connectivity index (χ4v) is 1.18. The fraction of sp³-hybridized carbons (Fsp3) is 0.417. The SMILES string of the molecule is CCCC(N)C#Cc1ccnc(C)c1. The van der Waals surface area contributed by atoms with Gasteiger partial charge in [-0.15, -0.1) is 0 Å². The van der Waals surface area contributed by atoms with Gasteiger partial charge >= 0.3 is 0 Å². The van der Waals surface area contributed by atoms with Gasteiger partial charge in [0.25, 0.3) is 0 Å². The summed E-state index contributed by atoms with van der Waals surface area (Å²) in [5.74, 6) is 6.08. The Bertz CT molecular complexity index is 347. The zero-order chi connectivity index (χ0) is 10.4. The van der Waals surface area contributed by atoms with Crippen molar-refractivity contribution in [3.63, 3.8) is 0 Å². The minimum absolute atomic E-state index is 0.00604.